The van der Waals surface area contributed by atoms with Crippen molar-refractivity contribution in [2.75, 3.05) is 20.2 Å². The Morgan fingerprint density at radius 3 is 2.74 bits per heavy atom. The molecular formula is C23H22N6O2. The van der Waals surface area contributed by atoms with Crippen molar-refractivity contribution in [2.24, 2.45) is 0 Å². The average molecular weight is 414 g/mol. The molecule has 1 aromatic carbocycles. The molecule has 156 valence electrons. The van der Waals surface area contributed by atoms with Gasteiger partial charge in [0.15, 0.2) is 11.5 Å². The number of ether oxygens (including phenoxy) is 1. The van der Waals surface area contributed by atoms with Crippen LogP contribution in [-0.2, 0) is 0 Å². The van der Waals surface area contributed by atoms with Crippen molar-refractivity contribution in [1.29, 1.82) is 0 Å². The lowest BCUT2D eigenvalue weighted by Gasteiger charge is -2.30. The minimum absolute atomic E-state index is 0.0718. The molecule has 1 aliphatic rings. The van der Waals surface area contributed by atoms with Crippen LogP contribution < -0.4 is 4.74 Å². The number of piperidine rings is 1. The van der Waals surface area contributed by atoms with Crippen LogP contribution in [0.15, 0.2) is 61.2 Å². The fraction of sp³-hybridized carbons (Fsp3) is 0.261. The highest BCUT2D eigenvalue weighted by Crippen LogP contribution is 2.28. The minimum Gasteiger partial charge on any atom is -0.497 e. The zero-order chi connectivity index (χ0) is 21.2. The Hall–Kier alpha value is -3.81. The number of benzene rings is 1. The van der Waals surface area contributed by atoms with E-state index in [1.54, 1.807) is 19.5 Å². The number of hydrogen-bond acceptors (Lipinski definition) is 6. The Morgan fingerprint density at radius 2 is 1.97 bits per heavy atom. The van der Waals surface area contributed by atoms with Gasteiger partial charge in [-0.25, -0.2) is 14.5 Å². The molecule has 1 aliphatic heterocycles. The van der Waals surface area contributed by atoms with Crippen LogP contribution in [0, 0.1) is 0 Å². The van der Waals surface area contributed by atoms with E-state index in [0.29, 0.717) is 18.8 Å². The summed E-state index contributed by atoms with van der Waals surface area (Å²) in [6.45, 7) is 1.31. The van der Waals surface area contributed by atoms with E-state index in [1.807, 2.05) is 52.0 Å². The zero-order valence-corrected chi connectivity index (χ0v) is 17.2. The second-order valence-corrected chi connectivity index (χ2v) is 7.58. The second-order valence-electron chi connectivity index (χ2n) is 7.58. The van der Waals surface area contributed by atoms with E-state index in [4.69, 9.17) is 14.8 Å². The average Bonchev–Trinajstić information content (AvgIpc) is 3.28. The molecule has 1 saturated heterocycles. The van der Waals surface area contributed by atoms with Gasteiger partial charge in [-0.1, -0.05) is 12.1 Å². The summed E-state index contributed by atoms with van der Waals surface area (Å²) in [5.41, 5.74) is 3.32. The lowest BCUT2D eigenvalue weighted by atomic mass is 9.96. The number of hydrogen-bond donors (Lipinski definition) is 0. The van der Waals surface area contributed by atoms with Crippen LogP contribution in [0.5, 0.6) is 5.75 Å². The number of pyridine rings is 1. The maximum atomic E-state index is 12.6. The molecule has 0 unspecified atom stereocenters. The van der Waals surface area contributed by atoms with E-state index in [9.17, 15) is 4.79 Å². The van der Waals surface area contributed by atoms with Crippen LogP contribution in [0.3, 0.4) is 0 Å². The lowest BCUT2D eigenvalue weighted by Crippen LogP contribution is -2.38. The number of rotatable bonds is 4. The lowest BCUT2D eigenvalue weighted by molar-refractivity contribution is 0.0704. The maximum absolute atomic E-state index is 12.6. The van der Waals surface area contributed by atoms with Crippen LogP contribution in [0.4, 0.5) is 0 Å². The summed E-state index contributed by atoms with van der Waals surface area (Å²) in [4.78, 5) is 27.2. The Balaban J connectivity index is 1.31. The van der Waals surface area contributed by atoms with Crippen LogP contribution in [0.25, 0.3) is 16.8 Å². The fourth-order valence-electron chi connectivity index (χ4n) is 3.96. The number of methoxy groups -OCH3 is 1. The second kappa shape index (κ2) is 8.14. The van der Waals surface area contributed by atoms with Gasteiger partial charge in [0.2, 0.25) is 0 Å². The summed E-state index contributed by atoms with van der Waals surface area (Å²) in [6, 6.07) is 12.0. The Bertz CT molecular complexity index is 1220. The third-order valence-electron chi connectivity index (χ3n) is 5.68. The van der Waals surface area contributed by atoms with Gasteiger partial charge in [-0.05, 0) is 42.7 Å². The van der Waals surface area contributed by atoms with E-state index < -0.39 is 0 Å². The molecule has 4 aromatic rings. The first-order valence-corrected chi connectivity index (χ1v) is 10.3. The van der Waals surface area contributed by atoms with Gasteiger partial charge in [0.25, 0.3) is 5.91 Å². The molecule has 4 heterocycles. The van der Waals surface area contributed by atoms with Crippen molar-refractivity contribution in [2.45, 2.75) is 18.8 Å². The highest BCUT2D eigenvalue weighted by molar-refractivity contribution is 5.92. The van der Waals surface area contributed by atoms with Crippen LogP contribution in [0.2, 0.25) is 0 Å². The van der Waals surface area contributed by atoms with Crippen molar-refractivity contribution in [3.05, 3.63) is 72.7 Å². The normalized spacial score (nSPS) is 14.7. The molecule has 5 rings (SSSR count). The minimum atomic E-state index is -0.0718. The molecule has 3 aromatic heterocycles. The summed E-state index contributed by atoms with van der Waals surface area (Å²) >= 11 is 0. The van der Waals surface area contributed by atoms with Gasteiger partial charge in [0.05, 0.1) is 13.3 Å². The summed E-state index contributed by atoms with van der Waals surface area (Å²) in [5.74, 6) is 1.80. The first-order valence-electron chi connectivity index (χ1n) is 10.3. The predicted octanol–water partition coefficient (Wildman–Crippen LogP) is 3.21. The summed E-state index contributed by atoms with van der Waals surface area (Å²) in [6.07, 6.45) is 8.26. The Labute approximate surface area is 179 Å². The fourth-order valence-corrected chi connectivity index (χ4v) is 3.96. The first-order chi connectivity index (χ1) is 15.2. The third kappa shape index (κ3) is 3.84. The Kier molecular flexibility index (Phi) is 5.03. The monoisotopic (exact) mass is 414 g/mol. The van der Waals surface area contributed by atoms with Crippen molar-refractivity contribution in [3.63, 3.8) is 0 Å². The molecule has 1 amide bonds. The van der Waals surface area contributed by atoms with Crippen molar-refractivity contribution >= 4 is 11.6 Å². The van der Waals surface area contributed by atoms with E-state index in [2.05, 4.69) is 9.97 Å². The van der Waals surface area contributed by atoms with Crippen molar-refractivity contribution in [3.8, 4) is 16.9 Å². The van der Waals surface area contributed by atoms with Gasteiger partial charge < -0.3 is 9.64 Å². The molecule has 31 heavy (non-hydrogen) atoms. The van der Waals surface area contributed by atoms with Gasteiger partial charge >= 0.3 is 0 Å². The van der Waals surface area contributed by atoms with Crippen molar-refractivity contribution < 1.29 is 9.53 Å². The Morgan fingerprint density at radius 1 is 1.10 bits per heavy atom. The van der Waals surface area contributed by atoms with Crippen LogP contribution in [0.1, 0.15) is 35.1 Å². The summed E-state index contributed by atoms with van der Waals surface area (Å²) in [5, 5.41) is 4.74. The topological polar surface area (TPSA) is 85.5 Å². The standard InChI is InChI=1S/C23H22N6O2/c1-31-19-4-2-3-17(13-19)18-5-6-21-26-22(27-29(21)15-18)16-7-11-28(12-8-16)23(30)20-14-24-9-10-25-20/h2-6,9-10,13-16H,7-8,11-12H2,1H3. The van der Waals surface area contributed by atoms with Crippen LogP contribution >= 0.6 is 0 Å². The summed E-state index contributed by atoms with van der Waals surface area (Å²) in [7, 11) is 1.66. The third-order valence-corrected chi connectivity index (χ3v) is 5.68. The molecule has 0 radical (unpaired) electrons. The van der Waals surface area contributed by atoms with E-state index in [1.165, 1.54) is 6.20 Å². The summed E-state index contributed by atoms with van der Waals surface area (Å²) < 4.78 is 7.17. The number of carbonyl (C=O) groups excluding carboxylic acids is 1. The smallest absolute Gasteiger partial charge is 0.274 e. The number of aromatic nitrogens is 5. The SMILES string of the molecule is COc1cccc(-c2ccc3nc(C4CCN(C(=O)c5cnccn5)CC4)nn3c2)c1. The molecule has 8 nitrogen and oxygen atoms in total. The highest BCUT2D eigenvalue weighted by Gasteiger charge is 2.27. The number of amides is 1. The van der Waals surface area contributed by atoms with Gasteiger partial charge in [-0.15, -0.1) is 0 Å². The van der Waals surface area contributed by atoms with Crippen LogP contribution in [-0.4, -0.2) is 55.6 Å². The molecule has 0 bridgehead atoms. The first kappa shape index (κ1) is 19.2. The van der Waals surface area contributed by atoms with Crippen molar-refractivity contribution in [1.82, 2.24) is 29.5 Å². The van der Waals surface area contributed by atoms with Gasteiger partial charge in [0, 0.05) is 43.2 Å². The largest absolute Gasteiger partial charge is 0.497 e. The molecule has 0 spiro atoms. The number of carbonyl (C=O) groups is 1. The molecule has 0 saturated carbocycles. The molecule has 1 fully saturated rings. The van der Waals surface area contributed by atoms with E-state index in [-0.39, 0.29) is 11.8 Å². The zero-order valence-electron chi connectivity index (χ0n) is 17.2. The molecule has 0 N–H and O–H groups in total. The highest BCUT2D eigenvalue weighted by atomic mass is 16.5. The van der Waals surface area contributed by atoms with Gasteiger partial charge in [-0.3, -0.25) is 9.78 Å². The number of likely N-dealkylation sites (tertiary alicyclic amines) is 1. The van der Waals surface area contributed by atoms with Gasteiger partial charge in [-0.2, -0.15) is 5.10 Å². The number of nitrogens with zero attached hydrogens (tertiary/aromatic N) is 6. The molecule has 0 aliphatic carbocycles. The predicted molar refractivity (Wildman–Crippen MR) is 115 cm³/mol. The molecule has 8 heteroatoms. The molecule has 0 atom stereocenters. The quantitative estimate of drug-likeness (QED) is 0.510. The van der Waals surface area contributed by atoms with Gasteiger partial charge in [0.1, 0.15) is 11.4 Å². The molecular weight excluding hydrogens is 392 g/mol. The van der Waals surface area contributed by atoms with E-state index in [0.717, 1.165) is 41.2 Å². The maximum Gasteiger partial charge on any atom is 0.274 e. The number of fused-ring (bicyclic) bond motifs is 1. The van der Waals surface area contributed by atoms with E-state index >= 15 is 0 Å².